The Labute approximate surface area is 167 Å². The number of benzene rings is 3. The van der Waals surface area contributed by atoms with Crippen molar-refractivity contribution in [3.05, 3.63) is 65.2 Å². The summed E-state index contributed by atoms with van der Waals surface area (Å²) in [6, 6.07) is 17.9. The zero-order valence-electron chi connectivity index (χ0n) is 15.1. The van der Waals surface area contributed by atoms with Crippen LogP contribution in [0.3, 0.4) is 0 Å². The van der Waals surface area contributed by atoms with E-state index in [4.69, 9.17) is 21.1 Å². The molecule has 3 rings (SSSR count). The molecule has 0 radical (unpaired) electrons. The lowest BCUT2D eigenvalue weighted by Crippen LogP contribution is -2.15. The van der Waals surface area contributed by atoms with Gasteiger partial charge in [-0.05, 0) is 16.3 Å². The van der Waals surface area contributed by atoms with Gasteiger partial charge in [0.2, 0.25) is 5.91 Å². The fraction of sp³-hybridized carbons (Fsp3) is 0.190. The standard InChI is InChI=1S/C21H20ClNO3S/c1-25-19-11-18(20(26-2)10-17(19)22)23-21(24)13-27-12-14-7-8-15-5-3-4-6-16(15)9-14/h3-11H,12-13H2,1-2H3,(H,23,24). The number of thioether (sulfide) groups is 1. The molecule has 27 heavy (non-hydrogen) atoms. The van der Waals surface area contributed by atoms with E-state index in [1.165, 1.54) is 30.6 Å². The summed E-state index contributed by atoms with van der Waals surface area (Å²) in [5.41, 5.74) is 1.73. The lowest BCUT2D eigenvalue weighted by Gasteiger charge is -2.13. The third-order valence-electron chi connectivity index (χ3n) is 4.06. The van der Waals surface area contributed by atoms with Crippen LogP contribution in [0.25, 0.3) is 10.8 Å². The van der Waals surface area contributed by atoms with Crippen molar-refractivity contribution in [2.75, 3.05) is 25.3 Å². The van der Waals surface area contributed by atoms with E-state index in [1.807, 2.05) is 12.1 Å². The predicted molar refractivity (Wildman–Crippen MR) is 113 cm³/mol. The van der Waals surface area contributed by atoms with Gasteiger partial charge in [-0.25, -0.2) is 0 Å². The Bertz CT molecular complexity index is 961. The topological polar surface area (TPSA) is 47.6 Å². The van der Waals surface area contributed by atoms with Gasteiger partial charge in [0.15, 0.2) is 0 Å². The third-order valence-corrected chi connectivity index (χ3v) is 5.36. The Morgan fingerprint density at radius 3 is 2.48 bits per heavy atom. The molecule has 4 nitrogen and oxygen atoms in total. The number of rotatable bonds is 7. The van der Waals surface area contributed by atoms with Crippen LogP contribution in [0.15, 0.2) is 54.6 Å². The van der Waals surface area contributed by atoms with Gasteiger partial charge in [-0.2, -0.15) is 0 Å². The minimum atomic E-state index is -0.108. The number of nitrogens with one attached hydrogen (secondary N) is 1. The summed E-state index contributed by atoms with van der Waals surface area (Å²) >= 11 is 7.65. The fourth-order valence-electron chi connectivity index (χ4n) is 2.73. The summed E-state index contributed by atoms with van der Waals surface area (Å²) in [4.78, 5) is 12.3. The van der Waals surface area contributed by atoms with Crippen molar-refractivity contribution in [3.63, 3.8) is 0 Å². The molecule has 0 spiro atoms. The first-order chi connectivity index (χ1) is 13.1. The maximum Gasteiger partial charge on any atom is 0.234 e. The van der Waals surface area contributed by atoms with Crippen molar-refractivity contribution in [1.29, 1.82) is 0 Å². The first kappa shape index (κ1) is 19.4. The highest BCUT2D eigenvalue weighted by Gasteiger charge is 2.12. The van der Waals surface area contributed by atoms with Gasteiger partial charge in [0, 0.05) is 17.9 Å². The molecule has 140 valence electrons. The van der Waals surface area contributed by atoms with Crippen LogP contribution in [0.5, 0.6) is 11.5 Å². The molecule has 0 saturated heterocycles. The molecule has 3 aromatic rings. The first-order valence-electron chi connectivity index (χ1n) is 8.37. The molecule has 0 bridgehead atoms. The highest BCUT2D eigenvalue weighted by molar-refractivity contribution is 7.99. The fourth-order valence-corrected chi connectivity index (χ4v) is 3.74. The number of carbonyl (C=O) groups excluding carboxylic acids is 1. The van der Waals surface area contributed by atoms with E-state index in [0.717, 1.165) is 5.75 Å². The van der Waals surface area contributed by atoms with Crippen LogP contribution in [-0.2, 0) is 10.5 Å². The molecule has 0 saturated carbocycles. The van der Waals surface area contributed by atoms with E-state index in [2.05, 4.69) is 35.6 Å². The SMILES string of the molecule is COc1cc(NC(=O)CSCc2ccc3ccccc3c2)c(OC)cc1Cl. The van der Waals surface area contributed by atoms with Gasteiger partial charge in [-0.3, -0.25) is 4.79 Å². The summed E-state index contributed by atoms with van der Waals surface area (Å²) in [5.74, 6) is 1.97. The second-order valence-corrected chi connectivity index (χ2v) is 7.30. The molecule has 0 heterocycles. The van der Waals surface area contributed by atoms with E-state index < -0.39 is 0 Å². The van der Waals surface area contributed by atoms with E-state index in [1.54, 1.807) is 23.9 Å². The number of ether oxygens (including phenoxy) is 2. The van der Waals surface area contributed by atoms with Crippen LogP contribution < -0.4 is 14.8 Å². The number of anilines is 1. The van der Waals surface area contributed by atoms with Gasteiger partial charge < -0.3 is 14.8 Å². The molecule has 1 N–H and O–H groups in total. The Morgan fingerprint density at radius 1 is 1.00 bits per heavy atom. The molecule has 0 atom stereocenters. The zero-order chi connectivity index (χ0) is 19.2. The zero-order valence-corrected chi connectivity index (χ0v) is 16.7. The van der Waals surface area contributed by atoms with E-state index in [-0.39, 0.29) is 5.91 Å². The molecule has 6 heteroatoms. The molecular formula is C21H20ClNO3S. The number of hydrogen-bond donors (Lipinski definition) is 1. The molecule has 0 fully saturated rings. The highest BCUT2D eigenvalue weighted by Crippen LogP contribution is 2.36. The van der Waals surface area contributed by atoms with Crippen molar-refractivity contribution in [2.45, 2.75) is 5.75 Å². The molecule has 0 aromatic heterocycles. The molecule has 0 aliphatic rings. The summed E-state index contributed by atoms with van der Waals surface area (Å²) in [6.07, 6.45) is 0. The van der Waals surface area contributed by atoms with Crippen LogP contribution in [0.4, 0.5) is 5.69 Å². The average Bonchev–Trinajstić information content (AvgIpc) is 2.68. The van der Waals surface area contributed by atoms with Crippen LogP contribution in [0.1, 0.15) is 5.56 Å². The van der Waals surface area contributed by atoms with Gasteiger partial charge in [-0.1, -0.05) is 54.1 Å². The van der Waals surface area contributed by atoms with E-state index >= 15 is 0 Å². The van der Waals surface area contributed by atoms with Gasteiger partial charge in [0.1, 0.15) is 11.5 Å². The normalized spacial score (nSPS) is 10.6. The van der Waals surface area contributed by atoms with Gasteiger partial charge in [0.25, 0.3) is 0 Å². The van der Waals surface area contributed by atoms with E-state index in [9.17, 15) is 4.79 Å². The van der Waals surface area contributed by atoms with Gasteiger partial charge >= 0.3 is 0 Å². The molecule has 0 aliphatic carbocycles. The lowest BCUT2D eigenvalue weighted by atomic mass is 10.1. The largest absolute Gasteiger partial charge is 0.495 e. The maximum atomic E-state index is 12.3. The van der Waals surface area contributed by atoms with Crippen molar-refractivity contribution in [3.8, 4) is 11.5 Å². The maximum absolute atomic E-state index is 12.3. The summed E-state index contributed by atoms with van der Waals surface area (Å²) < 4.78 is 10.5. The number of fused-ring (bicyclic) bond motifs is 1. The molecule has 0 aliphatic heterocycles. The van der Waals surface area contributed by atoms with Crippen LogP contribution in [0.2, 0.25) is 5.02 Å². The van der Waals surface area contributed by atoms with Crippen molar-refractivity contribution in [1.82, 2.24) is 0 Å². The molecular weight excluding hydrogens is 382 g/mol. The van der Waals surface area contributed by atoms with Crippen molar-refractivity contribution in [2.24, 2.45) is 0 Å². The number of hydrogen-bond acceptors (Lipinski definition) is 4. The molecule has 1 amide bonds. The van der Waals surface area contributed by atoms with Gasteiger partial charge in [-0.15, -0.1) is 11.8 Å². The summed E-state index contributed by atoms with van der Waals surface area (Å²) in [5, 5.41) is 5.71. The minimum absolute atomic E-state index is 0.108. The first-order valence-corrected chi connectivity index (χ1v) is 9.91. The van der Waals surface area contributed by atoms with Crippen LogP contribution >= 0.6 is 23.4 Å². The highest BCUT2D eigenvalue weighted by atomic mass is 35.5. The van der Waals surface area contributed by atoms with Crippen molar-refractivity contribution < 1.29 is 14.3 Å². The second kappa shape index (κ2) is 9.02. The lowest BCUT2D eigenvalue weighted by molar-refractivity contribution is -0.113. The summed E-state index contributed by atoms with van der Waals surface area (Å²) in [6.45, 7) is 0. The number of methoxy groups -OCH3 is 2. The molecule has 3 aromatic carbocycles. The Hall–Kier alpha value is -2.37. The number of halogens is 1. The monoisotopic (exact) mass is 401 g/mol. The van der Waals surface area contributed by atoms with Crippen LogP contribution in [0, 0.1) is 0 Å². The number of carbonyl (C=O) groups is 1. The predicted octanol–water partition coefficient (Wildman–Crippen LogP) is 5.38. The quantitative estimate of drug-likeness (QED) is 0.577. The summed E-state index contributed by atoms with van der Waals surface area (Å²) in [7, 11) is 3.06. The Morgan fingerprint density at radius 2 is 1.74 bits per heavy atom. The number of amides is 1. The third kappa shape index (κ3) is 4.87. The average molecular weight is 402 g/mol. The van der Waals surface area contributed by atoms with E-state index in [0.29, 0.717) is 28.0 Å². The molecule has 0 unspecified atom stereocenters. The Kier molecular flexibility index (Phi) is 6.48. The van der Waals surface area contributed by atoms with Crippen molar-refractivity contribution >= 4 is 45.7 Å². The van der Waals surface area contributed by atoms with Gasteiger partial charge in [0.05, 0.1) is 30.7 Å². The second-order valence-electron chi connectivity index (χ2n) is 5.91. The smallest absolute Gasteiger partial charge is 0.234 e. The Balaban J connectivity index is 1.59. The van der Waals surface area contributed by atoms with Crippen LogP contribution in [-0.4, -0.2) is 25.9 Å². The minimum Gasteiger partial charge on any atom is -0.495 e.